The molecule has 5 aromatic rings. The van der Waals surface area contributed by atoms with Crippen molar-refractivity contribution in [2.75, 3.05) is 10.8 Å². The zero-order valence-electron chi connectivity index (χ0n) is 28.0. The van der Waals surface area contributed by atoms with E-state index in [1.807, 2.05) is 98.8 Å². The van der Waals surface area contributed by atoms with Gasteiger partial charge in [-0.3, -0.25) is 13.9 Å². The standard InChI is InChI=1S/C40H40BrN3O5S/c1-3-30(2)42-40(46)38(27-31-13-7-4-8-14-31)43(28-32-19-21-33(41)22-20-32)39(45)29-44(50(47,48)37-17-11-6-12-18-37)34-23-25-36(26-24-34)49-35-15-9-5-10-16-35/h4-26,30,38H,3,27-29H2,1-2H3,(H,42,46)/t30-,38+/m0/s1. The van der Waals surface area contributed by atoms with E-state index in [0.29, 0.717) is 17.9 Å². The highest BCUT2D eigenvalue weighted by molar-refractivity contribution is 9.10. The van der Waals surface area contributed by atoms with Gasteiger partial charge in [-0.25, -0.2) is 8.42 Å². The maximum absolute atomic E-state index is 14.7. The van der Waals surface area contributed by atoms with Gasteiger partial charge in [0.15, 0.2) is 0 Å². The predicted molar refractivity (Wildman–Crippen MR) is 200 cm³/mol. The molecular formula is C40H40BrN3O5S. The molecule has 0 heterocycles. The van der Waals surface area contributed by atoms with Gasteiger partial charge in [0, 0.05) is 23.5 Å². The number of amides is 2. The fourth-order valence-corrected chi connectivity index (χ4v) is 7.03. The minimum absolute atomic E-state index is 0.0345. The van der Waals surface area contributed by atoms with E-state index in [9.17, 15) is 18.0 Å². The SMILES string of the molecule is CC[C@H](C)NC(=O)[C@@H](Cc1ccccc1)N(Cc1ccc(Br)cc1)C(=O)CN(c1ccc(Oc2ccccc2)cc1)S(=O)(=O)c1ccccc1. The number of para-hydroxylation sites is 1. The third kappa shape index (κ3) is 9.61. The summed E-state index contributed by atoms with van der Waals surface area (Å²) in [5, 5.41) is 3.06. The summed E-state index contributed by atoms with van der Waals surface area (Å²) in [6.45, 7) is 3.43. The third-order valence-electron chi connectivity index (χ3n) is 8.25. The van der Waals surface area contributed by atoms with Crippen LogP contribution in [0.4, 0.5) is 5.69 Å². The molecular weight excluding hydrogens is 714 g/mol. The number of hydrogen-bond acceptors (Lipinski definition) is 5. The first-order valence-electron chi connectivity index (χ1n) is 16.4. The van der Waals surface area contributed by atoms with Gasteiger partial charge in [0.2, 0.25) is 11.8 Å². The van der Waals surface area contributed by atoms with E-state index >= 15 is 0 Å². The van der Waals surface area contributed by atoms with Crippen LogP contribution < -0.4 is 14.4 Å². The largest absolute Gasteiger partial charge is 0.457 e. The van der Waals surface area contributed by atoms with Crippen LogP contribution in [0, 0.1) is 0 Å². The molecule has 8 nitrogen and oxygen atoms in total. The smallest absolute Gasteiger partial charge is 0.264 e. The first-order chi connectivity index (χ1) is 24.1. The Morgan fingerprint density at radius 3 is 1.90 bits per heavy atom. The Kier molecular flexibility index (Phi) is 12.5. The summed E-state index contributed by atoms with van der Waals surface area (Å²) in [7, 11) is -4.22. The average Bonchev–Trinajstić information content (AvgIpc) is 3.14. The van der Waals surface area contributed by atoms with Crippen LogP contribution in [0.1, 0.15) is 31.4 Å². The lowest BCUT2D eigenvalue weighted by molar-refractivity contribution is -0.140. The molecule has 5 aromatic carbocycles. The fourth-order valence-electron chi connectivity index (χ4n) is 5.34. The van der Waals surface area contributed by atoms with Crippen molar-refractivity contribution >= 4 is 43.5 Å². The Morgan fingerprint density at radius 1 is 0.740 bits per heavy atom. The number of anilines is 1. The number of hydrogen-bond donors (Lipinski definition) is 1. The number of rotatable bonds is 15. The second kappa shape index (κ2) is 17.1. The first-order valence-corrected chi connectivity index (χ1v) is 18.7. The molecule has 2 atom stereocenters. The summed E-state index contributed by atoms with van der Waals surface area (Å²) >= 11 is 3.47. The van der Waals surface area contributed by atoms with Crippen molar-refractivity contribution in [2.24, 2.45) is 0 Å². The number of benzene rings is 5. The van der Waals surface area contributed by atoms with Crippen molar-refractivity contribution in [1.29, 1.82) is 0 Å². The van der Waals surface area contributed by atoms with Gasteiger partial charge in [-0.1, -0.05) is 102 Å². The quantitative estimate of drug-likeness (QED) is 0.117. The predicted octanol–water partition coefficient (Wildman–Crippen LogP) is 7.99. The van der Waals surface area contributed by atoms with Crippen molar-refractivity contribution in [3.63, 3.8) is 0 Å². The fraction of sp³-hybridized carbons (Fsp3) is 0.200. The number of halogens is 1. The molecule has 0 saturated carbocycles. The molecule has 1 N–H and O–H groups in total. The normalized spacial score (nSPS) is 12.4. The Hall–Kier alpha value is -4.93. The molecule has 0 spiro atoms. The van der Waals surface area contributed by atoms with E-state index in [1.54, 1.807) is 42.5 Å². The molecule has 2 amide bonds. The van der Waals surface area contributed by atoms with E-state index in [2.05, 4.69) is 21.2 Å². The summed E-state index contributed by atoms with van der Waals surface area (Å²) in [6, 6.07) is 39.7. The Bertz CT molecular complexity index is 1940. The molecule has 50 heavy (non-hydrogen) atoms. The van der Waals surface area contributed by atoms with Gasteiger partial charge in [-0.2, -0.15) is 0 Å². The number of sulfonamides is 1. The van der Waals surface area contributed by atoms with E-state index in [0.717, 1.165) is 19.9 Å². The molecule has 0 aliphatic rings. The van der Waals surface area contributed by atoms with Crippen LogP contribution in [0.3, 0.4) is 0 Å². The van der Waals surface area contributed by atoms with E-state index in [-0.39, 0.29) is 35.5 Å². The molecule has 0 saturated heterocycles. The lowest BCUT2D eigenvalue weighted by atomic mass is 10.0. The number of carbonyl (C=O) groups excluding carboxylic acids is 2. The van der Waals surface area contributed by atoms with Gasteiger partial charge >= 0.3 is 0 Å². The van der Waals surface area contributed by atoms with Gasteiger partial charge in [0.1, 0.15) is 24.1 Å². The molecule has 0 radical (unpaired) electrons. The minimum atomic E-state index is -4.22. The molecule has 0 aliphatic carbocycles. The van der Waals surface area contributed by atoms with Crippen molar-refractivity contribution in [1.82, 2.24) is 10.2 Å². The third-order valence-corrected chi connectivity index (χ3v) is 10.6. The van der Waals surface area contributed by atoms with Crippen LogP contribution in [-0.4, -0.2) is 43.8 Å². The highest BCUT2D eigenvalue weighted by atomic mass is 79.9. The second-order valence-electron chi connectivity index (χ2n) is 11.9. The zero-order chi connectivity index (χ0) is 35.5. The molecule has 0 unspecified atom stereocenters. The number of ether oxygens (including phenoxy) is 1. The van der Waals surface area contributed by atoms with Gasteiger partial charge in [0.25, 0.3) is 10.0 Å². The number of carbonyl (C=O) groups is 2. The molecule has 0 aliphatic heterocycles. The van der Waals surface area contributed by atoms with E-state index in [4.69, 9.17) is 4.74 Å². The molecule has 0 aromatic heterocycles. The maximum atomic E-state index is 14.7. The first kappa shape index (κ1) is 36.4. The average molecular weight is 755 g/mol. The van der Waals surface area contributed by atoms with Gasteiger partial charge in [0.05, 0.1) is 10.6 Å². The van der Waals surface area contributed by atoms with E-state index in [1.165, 1.54) is 17.0 Å². The second-order valence-corrected chi connectivity index (χ2v) is 14.7. The van der Waals surface area contributed by atoms with Gasteiger partial charge in [-0.15, -0.1) is 0 Å². The van der Waals surface area contributed by atoms with Crippen LogP contribution in [0.5, 0.6) is 11.5 Å². The Balaban J connectivity index is 1.55. The zero-order valence-corrected chi connectivity index (χ0v) is 30.4. The lowest BCUT2D eigenvalue weighted by Gasteiger charge is -2.34. The monoisotopic (exact) mass is 753 g/mol. The Labute approximate surface area is 302 Å². The highest BCUT2D eigenvalue weighted by Gasteiger charge is 2.35. The van der Waals surface area contributed by atoms with Crippen molar-refractivity contribution in [3.05, 3.63) is 155 Å². The van der Waals surface area contributed by atoms with Crippen LogP contribution in [0.15, 0.2) is 149 Å². The molecule has 5 rings (SSSR count). The van der Waals surface area contributed by atoms with Crippen molar-refractivity contribution in [2.45, 2.75) is 50.2 Å². The lowest BCUT2D eigenvalue weighted by Crippen LogP contribution is -2.54. The van der Waals surface area contributed by atoms with Gasteiger partial charge in [-0.05, 0) is 85.1 Å². The van der Waals surface area contributed by atoms with Crippen LogP contribution in [-0.2, 0) is 32.6 Å². The molecule has 10 heteroatoms. The molecule has 258 valence electrons. The summed E-state index contributed by atoms with van der Waals surface area (Å²) < 4.78 is 36.5. The van der Waals surface area contributed by atoms with Gasteiger partial charge < -0.3 is 15.0 Å². The van der Waals surface area contributed by atoms with E-state index < -0.39 is 28.5 Å². The van der Waals surface area contributed by atoms with Crippen LogP contribution >= 0.6 is 15.9 Å². The number of nitrogens with one attached hydrogen (secondary N) is 1. The molecule has 0 bridgehead atoms. The topological polar surface area (TPSA) is 96.0 Å². The minimum Gasteiger partial charge on any atom is -0.457 e. The van der Waals surface area contributed by atoms with Crippen molar-refractivity contribution in [3.8, 4) is 11.5 Å². The van der Waals surface area contributed by atoms with Crippen molar-refractivity contribution < 1.29 is 22.7 Å². The number of nitrogens with zero attached hydrogens (tertiary/aromatic N) is 2. The summed E-state index contributed by atoms with van der Waals surface area (Å²) in [5.41, 5.74) is 1.93. The summed E-state index contributed by atoms with van der Waals surface area (Å²) in [6.07, 6.45) is 0.944. The summed E-state index contributed by atoms with van der Waals surface area (Å²) in [4.78, 5) is 30.2. The Morgan fingerprint density at radius 2 is 1.30 bits per heavy atom. The molecule has 0 fully saturated rings. The van der Waals surface area contributed by atoms with Crippen LogP contribution in [0.2, 0.25) is 0 Å². The summed E-state index contributed by atoms with van der Waals surface area (Å²) in [5.74, 6) is 0.295. The van der Waals surface area contributed by atoms with Crippen LogP contribution in [0.25, 0.3) is 0 Å². The highest BCUT2D eigenvalue weighted by Crippen LogP contribution is 2.29. The maximum Gasteiger partial charge on any atom is 0.264 e.